The molecule has 3 heterocycles. The molecule has 0 bridgehead atoms. The minimum absolute atomic E-state index is 0.124. The zero-order valence-electron chi connectivity index (χ0n) is 16.0. The van der Waals surface area contributed by atoms with Gasteiger partial charge < -0.3 is 10.5 Å². The van der Waals surface area contributed by atoms with Crippen LogP contribution in [-0.4, -0.2) is 47.7 Å². The van der Waals surface area contributed by atoms with Crippen LogP contribution in [0.4, 0.5) is 8.78 Å². The summed E-state index contributed by atoms with van der Waals surface area (Å²) in [5.74, 6) is -1.08. The maximum absolute atomic E-state index is 14.1. The Morgan fingerprint density at radius 3 is 2.76 bits per heavy atom. The van der Waals surface area contributed by atoms with Crippen LogP contribution < -0.4 is 10.0 Å². The van der Waals surface area contributed by atoms with Crippen LogP contribution >= 0.6 is 0 Å². The Bertz CT molecular complexity index is 1020. The fourth-order valence-corrected chi connectivity index (χ4v) is 4.38. The second kappa shape index (κ2) is 7.01. The third-order valence-electron chi connectivity index (χ3n) is 5.44. The van der Waals surface area contributed by atoms with E-state index in [9.17, 15) is 17.2 Å². The van der Waals surface area contributed by atoms with Crippen molar-refractivity contribution in [1.82, 2.24) is 14.8 Å². The van der Waals surface area contributed by atoms with Crippen molar-refractivity contribution in [2.24, 2.45) is 5.73 Å². The molecule has 0 unspecified atom stereocenters. The number of ether oxygens (including phenoxy) is 1. The maximum Gasteiger partial charge on any atom is 0.325 e. The topological polar surface area (TPSA) is 99.7 Å². The number of hydrogen-bond acceptors (Lipinski definition) is 7. The van der Waals surface area contributed by atoms with Crippen molar-refractivity contribution in [2.75, 3.05) is 12.9 Å². The van der Waals surface area contributed by atoms with Gasteiger partial charge in [0.2, 0.25) is 0 Å². The third-order valence-corrected chi connectivity index (χ3v) is 5.86. The summed E-state index contributed by atoms with van der Waals surface area (Å²) in [6.07, 6.45) is 2.27. The molecule has 4 rings (SSSR count). The molecule has 2 aromatic rings. The van der Waals surface area contributed by atoms with Gasteiger partial charge in [0.05, 0.1) is 24.8 Å². The van der Waals surface area contributed by atoms with Gasteiger partial charge in [0, 0.05) is 35.8 Å². The summed E-state index contributed by atoms with van der Waals surface area (Å²) in [7, 11) is -3.66. The first-order valence-corrected chi connectivity index (χ1v) is 10.9. The molecule has 2 aliphatic heterocycles. The van der Waals surface area contributed by atoms with Crippen molar-refractivity contribution in [3.05, 3.63) is 52.9 Å². The van der Waals surface area contributed by atoms with Gasteiger partial charge in [-0.05, 0) is 31.5 Å². The lowest BCUT2D eigenvalue weighted by atomic mass is 9.85. The Kier molecular flexibility index (Phi) is 4.88. The van der Waals surface area contributed by atoms with Gasteiger partial charge in [-0.1, -0.05) is 4.85 Å². The summed E-state index contributed by atoms with van der Waals surface area (Å²) < 4.78 is 60.8. The minimum atomic E-state index is -3.66. The highest BCUT2D eigenvalue weighted by molar-refractivity contribution is 7.86. The van der Waals surface area contributed by atoms with Crippen LogP contribution in [0.2, 0.25) is 0 Å². The highest BCUT2D eigenvalue weighted by Gasteiger charge is 2.44. The molecule has 11 heteroatoms. The van der Waals surface area contributed by atoms with E-state index in [-0.39, 0.29) is 12.2 Å². The normalized spacial score (nSPS) is 27.8. The number of nitrogens with two attached hydrogens (primary N) is 1. The first-order valence-electron chi connectivity index (χ1n) is 9.09. The summed E-state index contributed by atoms with van der Waals surface area (Å²) in [6, 6.07) is 2.74. The lowest BCUT2D eigenvalue weighted by Crippen LogP contribution is -2.56. The van der Waals surface area contributed by atoms with E-state index >= 15 is 0 Å². The quantitative estimate of drug-likeness (QED) is 0.779. The summed E-state index contributed by atoms with van der Waals surface area (Å²) in [5.41, 5.74) is 7.55. The van der Waals surface area contributed by atoms with Crippen molar-refractivity contribution in [2.45, 2.75) is 44.1 Å². The van der Waals surface area contributed by atoms with Gasteiger partial charge >= 0.3 is 10.1 Å². The smallest absolute Gasteiger partial charge is 0.325 e. The van der Waals surface area contributed by atoms with Crippen molar-refractivity contribution in [3.8, 4) is 0 Å². The highest BCUT2D eigenvalue weighted by atomic mass is 32.2. The molecule has 1 fully saturated rings. The van der Waals surface area contributed by atoms with Crippen LogP contribution in [0.5, 0.6) is 0 Å². The molecule has 1 aromatic carbocycles. The number of aromatic nitrogens is 2. The Hall–Kier alpha value is -2.08. The molecular weight excluding hydrogens is 406 g/mol. The Morgan fingerprint density at radius 1 is 1.34 bits per heavy atom. The average Bonchev–Trinajstić information content (AvgIpc) is 3.15. The largest absolute Gasteiger partial charge is 0.370 e. The molecule has 2 aliphatic rings. The van der Waals surface area contributed by atoms with Crippen LogP contribution in [0.1, 0.15) is 36.3 Å². The predicted molar refractivity (Wildman–Crippen MR) is 98.9 cm³/mol. The monoisotopic (exact) mass is 428 g/mol. The summed E-state index contributed by atoms with van der Waals surface area (Å²) in [5, 5.41) is 4.17. The lowest BCUT2D eigenvalue weighted by Gasteiger charge is -2.46. The van der Waals surface area contributed by atoms with E-state index in [1.54, 1.807) is 0 Å². The Labute approximate surface area is 167 Å². The Morgan fingerprint density at radius 2 is 2.10 bits per heavy atom. The molecule has 158 valence electrons. The number of fused-ring (bicyclic) bond motifs is 1. The number of halogens is 2. The van der Waals surface area contributed by atoms with E-state index in [0.29, 0.717) is 25.2 Å². The van der Waals surface area contributed by atoms with Crippen LogP contribution in [-0.2, 0) is 27.9 Å². The summed E-state index contributed by atoms with van der Waals surface area (Å²) in [6.45, 7) is 3.28. The van der Waals surface area contributed by atoms with E-state index in [2.05, 4.69) is 10.00 Å². The second-order valence-corrected chi connectivity index (χ2v) is 9.46. The predicted octanol–water partition coefficient (Wildman–Crippen LogP) is 1.11. The maximum atomic E-state index is 14.1. The molecule has 0 saturated carbocycles. The van der Waals surface area contributed by atoms with E-state index < -0.39 is 39.4 Å². The third kappa shape index (κ3) is 4.00. The molecule has 1 saturated heterocycles. The van der Waals surface area contributed by atoms with E-state index in [0.717, 1.165) is 34.9 Å². The van der Waals surface area contributed by atoms with Crippen molar-refractivity contribution >= 4 is 10.1 Å². The highest BCUT2D eigenvalue weighted by Crippen LogP contribution is 2.39. The van der Waals surface area contributed by atoms with Gasteiger partial charge in [-0.2, -0.15) is 8.42 Å². The minimum Gasteiger partial charge on any atom is -0.370 e. The summed E-state index contributed by atoms with van der Waals surface area (Å²) in [4.78, 5) is 3.08. The van der Waals surface area contributed by atoms with Gasteiger partial charge in [0.15, 0.2) is 0 Å². The zero-order valence-corrected chi connectivity index (χ0v) is 16.8. The second-order valence-electron chi connectivity index (χ2n) is 7.90. The summed E-state index contributed by atoms with van der Waals surface area (Å²) >= 11 is 0. The molecule has 0 aliphatic carbocycles. The van der Waals surface area contributed by atoms with Crippen LogP contribution in [0.3, 0.4) is 0 Å². The van der Waals surface area contributed by atoms with E-state index in [1.165, 1.54) is 6.20 Å². The lowest BCUT2D eigenvalue weighted by molar-refractivity contribution is -0.0970. The first kappa shape index (κ1) is 20.2. The zero-order chi connectivity index (χ0) is 21.0. The molecule has 3 atom stereocenters. The average molecular weight is 428 g/mol. The first-order chi connectivity index (χ1) is 13.5. The van der Waals surface area contributed by atoms with Crippen molar-refractivity contribution < 1.29 is 26.2 Å². The molecular formula is C18H22F2N4O4S. The van der Waals surface area contributed by atoms with Gasteiger partial charge in [-0.25, -0.2) is 8.78 Å². The standard InChI is InChI=1S/C18H22F2N4O4S/c1-18(23-7-11-8-24(22-16(11)9-23)28-29(2,25)26)6-15(21)17(27-10-18)13-5-12(19)3-4-14(13)20/h3-5,8,15,17H,6-7,9-10,21H2,1-2H3/t15-,17+,18+/m0/s1. The SMILES string of the molecule is C[C@]1(N2Cc3cn(OS(C)(=O)=O)nc3C2)CO[C@H](c2cc(F)ccc2F)[C@@H](N)C1. The number of rotatable bonds is 4. The van der Waals surface area contributed by atoms with Crippen molar-refractivity contribution in [3.63, 3.8) is 0 Å². The Balaban J connectivity index is 1.46. The number of hydrogen-bond donors (Lipinski definition) is 1. The molecule has 1 aromatic heterocycles. The fraction of sp³-hybridized carbons (Fsp3) is 0.500. The van der Waals surface area contributed by atoms with Gasteiger partial charge in [-0.15, -0.1) is 5.10 Å². The van der Waals surface area contributed by atoms with Gasteiger partial charge in [0.25, 0.3) is 0 Å². The van der Waals surface area contributed by atoms with Crippen LogP contribution in [0.15, 0.2) is 24.4 Å². The molecule has 8 nitrogen and oxygen atoms in total. The van der Waals surface area contributed by atoms with Gasteiger partial charge in [-0.3, -0.25) is 9.18 Å². The van der Waals surface area contributed by atoms with Crippen LogP contribution in [0, 0.1) is 11.6 Å². The van der Waals surface area contributed by atoms with Crippen molar-refractivity contribution in [1.29, 1.82) is 0 Å². The molecule has 0 spiro atoms. The fourth-order valence-electron chi connectivity index (χ4n) is 4.03. The number of benzene rings is 1. The molecule has 2 N–H and O–H groups in total. The van der Waals surface area contributed by atoms with Crippen LogP contribution in [0.25, 0.3) is 0 Å². The van der Waals surface area contributed by atoms with Gasteiger partial charge in [0.1, 0.15) is 17.7 Å². The molecule has 29 heavy (non-hydrogen) atoms. The van der Waals surface area contributed by atoms with E-state index in [1.807, 2.05) is 6.92 Å². The number of nitrogens with zero attached hydrogens (tertiary/aromatic N) is 3. The molecule has 0 radical (unpaired) electrons. The van der Waals surface area contributed by atoms with E-state index in [4.69, 9.17) is 14.8 Å². The molecule has 0 amide bonds.